The van der Waals surface area contributed by atoms with Gasteiger partial charge in [-0.05, 0) is 25.8 Å². The third-order valence-electron chi connectivity index (χ3n) is 3.66. The second-order valence-electron chi connectivity index (χ2n) is 5.49. The van der Waals surface area contributed by atoms with Crippen molar-refractivity contribution in [2.75, 3.05) is 13.1 Å². The van der Waals surface area contributed by atoms with E-state index in [0.29, 0.717) is 25.1 Å². The maximum Gasteiger partial charge on any atom is 0.331 e. The Hall–Kier alpha value is -2.30. The van der Waals surface area contributed by atoms with Crippen molar-refractivity contribution in [3.63, 3.8) is 0 Å². The number of Topliss-reactive ketones (excluding diaryl/α,β-unsaturated/α-hetero) is 1. The molecule has 0 unspecified atom stereocenters. The Labute approximate surface area is 139 Å². The summed E-state index contributed by atoms with van der Waals surface area (Å²) in [7, 11) is 0. The van der Waals surface area contributed by atoms with E-state index in [9.17, 15) is 19.5 Å². The Morgan fingerprint density at radius 1 is 1.33 bits per heavy atom. The zero-order valence-corrected chi connectivity index (χ0v) is 13.3. The Bertz CT molecular complexity index is 562. The highest BCUT2D eigenvalue weighted by atomic mass is 16.4. The SMILES string of the molecule is NCCCC[C@](N)(C(=O)O)C(=O)[C@H](Cc1cnc[nH]1)NC(=O)CN. The van der Waals surface area contributed by atoms with Crippen LogP contribution in [0.25, 0.3) is 0 Å². The number of carboxylic acids is 1. The molecule has 10 nitrogen and oxygen atoms in total. The first-order chi connectivity index (χ1) is 11.3. The fraction of sp³-hybridized carbons (Fsp3) is 0.571. The third-order valence-corrected chi connectivity index (χ3v) is 3.66. The minimum absolute atomic E-state index is 0.0354. The number of ketones is 1. The van der Waals surface area contributed by atoms with Crippen LogP contribution in [-0.2, 0) is 20.8 Å². The summed E-state index contributed by atoms with van der Waals surface area (Å²) in [5, 5.41) is 11.9. The molecule has 10 heteroatoms. The van der Waals surface area contributed by atoms with Gasteiger partial charge in [-0.3, -0.25) is 9.59 Å². The number of aromatic nitrogens is 2. The summed E-state index contributed by atoms with van der Waals surface area (Å²) in [4.78, 5) is 42.6. The van der Waals surface area contributed by atoms with Crippen LogP contribution < -0.4 is 22.5 Å². The molecular weight excluding hydrogens is 316 g/mol. The summed E-state index contributed by atoms with van der Waals surface area (Å²) in [5.74, 6) is -2.81. The van der Waals surface area contributed by atoms with Crippen LogP contribution in [0.15, 0.2) is 12.5 Å². The predicted octanol–water partition coefficient (Wildman–Crippen LogP) is -2.12. The van der Waals surface area contributed by atoms with Crippen molar-refractivity contribution in [3.05, 3.63) is 18.2 Å². The highest BCUT2D eigenvalue weighted by Crippen LogP contribution is 2.17. The average Bonchev–Trinajstić information content (AvgIpc) is 3.06. The van der Waals surface area contributed by atoms with E-state index in [0.717, 1.165) is 0 Å². The minimum atomic E-state index is -2.11. The summed E-state index contributed by atoms with van der Waals surface area (Å²) >= 11 is 0. The summed E-state index contributed by atoms with van der Waals surface area (Å²) in [5.41, 5.74) is 15.0. The van der Waals surface area contributed by atoms with Crippen LogP contribution in [0.2, 0.25) is 0 Å². The van der Waals surface area contributed by atoms with Crippen molar-refractivity contribution >= 4 is 17.7 Å². The van der Waals surface area contributed by atoms with Gasteiger partial charge in [0.25, 0.3) is 0 Å². The molecule has 24 heavy (non-hydrogen) atoms. The number of H-pyrrole nitrogens is 1. The van der Waals surface area contributed by atoms with Gasteiger partial charge in [0.15, 0.2) is 11.3 Å². The third kappa shape index (κ3) is 5.11. The van der Waals surface area contributed by atoms with Gasteiger partial charge in [0.2, 0.25) is 5.91 Å². The van der Waals surface area contributed by atoms with Gasteiger partial charge in [0.1, 0.15) is 0 Å². The lowest BCUT2D eigenvalue weighted by Crippen LogP contribution is -2.62. The maximum absolute atomic E-state index is 12.8. The molecule has 9 N–H and O–H groups in total. The molecule has 2 atom stereocenters. The number of nitrogens with one attached hydrogen (secondary N) is 2. The molecule has 1 aromatic rings. The fourth-order valence-corrected chi connectivity index (χ4v) is 2.27. The van der Waals surface area contributed by atoms with Crippen LogP contribution in [0.4, 0.5) is 0 Å². The number of rotatable bonds is 11. The molecule has 1 heterocycles. The molecule has 0 aliphatic heterocycles. The highest BCUT2D eigenvalue weighted by Gasteiger charge is 2.45. The van der Waals surface area contributed by atoms with Gasteiger partial charge < -0.3 is 32.6 Å². The number of nitrogens with zero attached hydrogens (tertiary/aromatic N) is 1. The molecule has 0 aliphatic carbocycles. The van der Waals surface area contributed by atoms with Gasteiger partial charge in [0.05, 0.1) is 18.9 Å². The Morgan fingerprint density at radius 2 is 2.04 bits per heavy atom. The lowest BCUT2D eigenvalue weighted by molar-refractivity contribution is -0.150. The Kier molecular flexibility index (Phi) is 7.49. The molecule has 0 bridgehead atoms. The minimum Gasteiger partial charge on any atom is -0.480 e. The van der Waals surface area contributed by atoms with E-state index in [2.05, 4.69) is 15.3 Å². The number of aromatic amines is 1. The number of amides is 1. The number of unbranched alkanes of at least 4 members (excludes halogenated alkanes) is 1. The van der Waals surface area contributed by atoms with Gasteiger partial charge in [-0.25, -0.2) is 9.78 Å². The van der Waals surface area contributed by atoms with Gasteiger partial charge in [0, 0.05) is 18.3 Å². The first kappa shape index (κ1) is 19.7. The maximum atomic E-state index is 12.8. The molecule has 0 aliphatic rings. The van der Waals surface area contributed by atoms with Crippen LogP contribution in [-0.4, -0.2) is 57.4 Å². The summed E-state index contributed by atoms with van der Waals surface area (Å²) in [6.07, 6.45) is 3.77. The van der Waals surface area contributed by atoms with Crippen molar-refractivity contribution in [2.24, 2.45) is 17.2 Å². The van der Waals surface area contributed by atoms with Crippen LogP contribution >= 0.6 is 0 Å². The van der Waals surface area contributed by atoms with Crippen molar-refractivity contribution < 1.29 is 19.5 Å². The normalized spacial score (nSPS) is 14.6. The number of carbonyl (C=O) groups excluding carboxylic acids is 2. The molecule has 0 spiro atoms. The number of imidazole rings is 1. The fourth-order valence-electron chi connectivity index (χ4n) is 2.27. The molecule has 0 saturated heterocycles. The number of hydrogen-bond acceptors (Lipinski definition) is 7. The highest BCUT2D eigenvalue weighted by molar-refractivity contribution is 6.10. The molecule has 0 fully saturated rings. The van der Waals surface area contributed by atoms with Crippen molar-refractivity contribution in [3.8, 4) is 0 Å². The topological polar surface area (TPSA) is 190 Å². The van der Waals surface area contributed by atoms with Crippen LogP contribution in [0.5, 0.6) is 0 Å². The second-order valence-corrected chi connectivity index (χ2v) is 5.49. The van der Waals surface area contributed by atoms with Crippen molar-refractivity contribution in [2.45, 2.75) is 37.3 Å². The van der Waals surface area contributed by atoms with Crippen molar-refractivity contribution in [1.82, 2.24) is 15.3 Å². The number of hydrogen-bond donors (Lipinski definition) is 6. The summed E-state index contributed by atoms with van der Waals surface area (Å²) in [6.45, 7) is 0.0376. The summed E-state index contributed by atoms with van der Waals surface area (Å²) in [6, 6.07) is -1.12. The van der Waals surface area contributed by atoms with E-state index in [-0.39, 0.29) is 19.4 Å². The van der Waals surface area contributed by atoms with Crippen LogP contribution in [0.3, 0.4) is 0 Å². The Morgan fingerprint density at radius 3 is 2.54 bits per heavy atom. The van der Waals surface area contributed by atoms with E-state index in [4.69, 9.17) is 17.2 Å². The quantitative estimate of drug-likeness (QED) is 0.194. The molecule has 134 valence electrons. The van der Waals surface area contributed by atoms with Gasteiger partial charge >= 0.3 is 5.97 Å². The second kappa shape index (κ2) is 9.11. The molecule has 0 radical (unpaired) electrons. The smallest absolute Gasteiger partial charge is 0.331 e. The van der Waals surface area contributed by atoms with E-state index in [1.165, 1.54) is 12.5 Å². The lowest BCUT2D eigenvalue weighted by Gasteiger charge is -2.28. The van der Waals surface area contributed by atoms with Gasteiger partial charge in [-0.1, -0.05) is 0 Å². The molecular formula is C14H24N6O4. The van der Waals surface area contributed by atoms with Crippen LogP contribution in [0, 0.1) is 0 Å². The molecule has 1 amide bonds. The van der Waals surface area contributed by atoms with E-state index in [1.807, 2.05) is 0 Å². The first-order valence-electron chi connectivity index (χ1n) is 7.58. The lowest BCUT2D eigenvalue weighted by atomic mass is 9.84. The Balaban J connectivity index is 3.00. The number of nitrogens with two attached hydrogens (primary N) is 3. The average molecular weight is 340 g/mol. The summed E-state index contributed by atoms with van der Waals surface area (Å²) < 4.78 is 0. The standard InChI is InChI=1S/C14H24N6O4/c15-4-2-1-3-14(17,13(23)24)12(22)10(20-11(21)6-16)5-9-7-18-8-19-9/h7-8,10H,1-6,15-17H2,(H,18,19)(H,20,21)(H,23,24)/t10-,14+/m0/s1. The monoisotopic (exact) mass is 340 g/mol. The zero-order chi connectivity index (χ0) is 18.2. The van der Waals surface area contributed by atoms with Crippen molar-refractivity contribution in [1.29, 1.82) is 0 Å². The largest absolute Gasteiger partial charge is 0.480 e. The molecule has 0 aromatic carbocycles. The van der Waals surface area contributed by atoms with E-state index < -0.39 is 29.2 Å². The van der Waals surface area contributed by atoms with E-state index >= 15 is 0 Å². The van der Waals surface area contributed by atoms with Gasteiger partial charge in [-0.2, -0.15) is 0 Å². The molecule has 0 saturated carbocycles. The molecule has 1 rings (SSSR count). The first-order valence-corrected chi connectivity index (χ1v) is 7.58. The van der Waals surface area contributed by atoms with E-state index in [1.54, 1.807) is 0 Å². The van der Waals surface area contributed by atoms with Gasteiger partial charge in [-0.15, -0.1) is 0 Å². The zero-order valence-electron chi connectivity index (χ0n) is 13.3. The number of carboxylic acid groups (broad SMARTS) is 1. The number of aliphatic carboxylic acids is 1. The molecule has 1 aromatic heterocycles. The van der Waals surface area contributed by atoms with Crippen LogP contribution in [0.1, 0.15) is 25.0 Å². The number of carbonyl (C=O) groups is 3. The predicted molar refractivity (Wildman–Crippen MR) is 85.7 cm³/mol.